The molecule has 4 saturated heterocycles. The summed E-state index contributed by atoms with van der Waals surface area (Å²) in [7, 11) is 1.83. The minimum Gasteiger partial charge on any atom is -0.383 e. The van der Waals surface area contributed by atoms with E-state index in [9.17, 15) is 0 Å². The van der Waals surface area contributed by atoms with Crippen molar-refractivity contribution in [1.29, 1.82) is 0 Å². The predicted molar refractivity (Wildman–Crippen MR) is 124 cm³/mol. The summed E-state index contributed by atoms with van der Waals surface area (Å²) in [4.78, 5) is 5.37. The number of benzene rings is 1. The number of likely N-dealkylation sites (tertiary alicyclic amines) is 1. The van der Waals surface area contributed by atoms with Crippen LogP contribution in [0.3, 0.4) is 0 Å². The van der Waals surface area contributed by atoms with E-state index in [1.54, 1.807) is 0 Å². The van der Waals surface area contributed by atoms with Gasteiger partial charge in [-0.05, 0) is 81.0 Å². The van der Waals surface area contributed by atoms with E-state index in [0.29, 0.717) is 22.2 Å². The first kappa shape index (κ1) is 21.3. The molecule has 0 radical (unpaired) electrons. The Balaban J connectivity index is 1.24. The molecule has 160 valence electrons. The first-order valence-electron chi connectivity index (χ1n) is 10.9. The SMILES string of the molecule is COC[C@@H]1CCCN1C[C@@H]1CN2CC[C@H]1C[C@@H]2CNC(=S)Nc1cccc(Cl)c1. The maximum Gasteiger partial charge on any atom is 0.170 e. The highest BCUT2D eigenvalue weighted by Crippen LogP contribution is 2.37. The molecule has 0 spiro atoms. The van der Waals surface area contributed by atoms with Gasteiger partial charge in [-0.15, -0.1) is 0 Å². The molecule has 0 saturated carbocycles. The summed E-state index contributed by atoms with van der Waals surface area (Å²) in [6.45, 7) is 6.72. The van der Waals surface area contributed by atoms with Gasteiger partial charge in [-0.1, -0.05) is 17.7 Å². The van der Waals surface area contributed by atoms with Crippen LogP contribution in [-0.4, -0.2) is 73.4 Å². The molecule has 5 rings (SSSR count). The van der Waals surface area contributed by atoms with E-state index in [1.165, 1.54) is 51.9 Å². The number of thiocarbonyl (C=S) groups is 1. The molecule has 5 nitrogen and oxygen atoms in total. The third-order valence-electron chi connectivity index (χ3n) is 6.92. The van der Waals surface area contributed by atoms with Crippen molar-refractivity contribution in [3.8, 4) is 0 Å². The van der Waals surface area contributed by atoms with Crippen molar-refractivity contribution >= 4 is 34.6 Å². The van der Waals surface area contributed by atoms with Crippen LogP contribution in [-0.2, 0) is 4.74 Å². The van der Waals surface area contributed by atoms with Gasteiger partial charge in [0, 0.05) is 49.5 Å². The quantitative estimate of drug-likeness (QED) is 0.638. The molecule has 29 heavy (non-hydrogen) atoms. The number of nitrogens with zero attached hydrogens (tertiary/aromatic N) is 2. The number of nitrogens with one attached hydrogen (secondary N) is 2. The number of anilines is 1. The highest BCUT2D eigenvalue weighted by Gasteiger charge is 2.41. The van der Waals surface area contributed by atoms with Crippen LogP contribution in [0.2, 0.25) is 5.02 Å². The molecule has 1 unspecified atom stereocenters. The first-order valence-corrected chi connectivity index (χ1v) is 11.7. The summed E-state index contributed by atoms with van der Waals surface area (Å²) in [6.07, 6.45) is 5.23. The van der Waals surface area contributed by atoms with Crippen LogP contribution in [0.15, 0.2) is 24.3 Å². The van der Waals surface area contributed by atoms with Gasteiger partial charge in [-0.2, -0.15) is 0 Å². The van der Waals surface area contributed by atoms with Crippen LogP contribution in [0, 0.1) is 11.8 Å². The molecule has 7 heteroatoms. The standard InChI is InChI=1S/C22H33ClN4OS/c1-28-15-20-6-3-8-26(20)13-17-14-27-9-7-16(17)10-21(27)12-24-22(29)25-19-5-2-4-18(23)11-19/h2,4-5,11,16-17,20-21H,3,6-10,12-15H2,1H3,(H2,24,25,29)/t16-,17+,20-,21+/m0/s1. The molecule has 2 N–H and O–H groups in total. The lowest BCUT2D eigenvalue weighted by Gasteiger charge is -2.51. The Morgan fingerprint density at radius 2 is 2.17 bits per heavy atom. The third kappa shape index (κ3) is 5.42. The monoisotopic (exact) mass is 436 g/mol. The van der Waals surface area contributed by atoms with E-state index in [-0.39, 0.29) is 0 Å². The maximum atomic E-state index is 6.05. The van der Waals surface area contributed by atoms with E-state index < -0.39 is 0 Å². The van der Waals surface area contributed by atoms with Crippen molar-refractivity contribution in [2.45, 2.75) is 37.8 Å². The number of hydrogen-bond acceptors (Lipinski definition) is 4. The Hall–Kier alpha value is -0.920. The summed E-state index contributed by atoms with van der Waals surface area (Å²) in [5.41, 5.74) is 0.928. The second-order valence-electron chi connectivity index (χ2n) is 8.78. The summed E-state index contributed by atoms with van der Waals surface area (Å²) >= 11 is 11.5. The lowest BCUT2D eigenvalue weighted by atomic mass is 9.75. The van der Waals surface area contributed by atoms with Crippen molar-refractivity contribution < 1.29 is 4.74 Å². The van der Waals surface area contributed by atoms with Gasteiger partial charge in [0.05, 0.1) is 6.61 Å². The largest absolute Gasteiger partial charge is 0.383 e. The minimum absolute atomic E-state index is 0.581. The van der Waals surface area contributed by atoms with Crippen LogP contribution in [0.5, 0.6) is 0 Å². The van der Waals surface area contributed by atoms with Crippen LogP contribution in [0.1, 0.15) is 25.7 Å². The number of fused-ring (bicyclic) bond motifs is 3. The Bertz CT molecular complexity index is 705. The second-order valence-corrected chi connectivity index (χ2v) is 9.63. The Labute approximate surface area is 185 Å². The maximum absolute atomic E-state index is 6.05. The molecule has 0 aliphatic carbocycles. The first-order chi connectivity index (χ1) is 14.1. The van der Waals surface area contributed by atoms with E-state index in [1.807, 2.05) is 31.4 Å². The summed E-state index contributed by atoms with van der Waals surface area (Å²) < 4.78 is 5.44. The number of methoxy groups -OCH3 is 1. The van der Waals surface area contributed by atoms with E-state index in [0.717, 1.165) is 30.7 Å². The molecule has 5 atom stereocenters. The van der Waals surface area contributed by atoms with Crippen LogP contribution in [0.4, 0.5) is 5.69 Å². The second kappa shape index (κ2) is 9.92. The summed E-state index contributed by atoms with van der Waals surface area (Å²) in [5.74, 6) is 1.64. The molecular formula is C22H33ClN4OS. The lowest BCUT2D eigenvalue weighted by molar-refractivity contribution is -0.0158. The van der Waals surface area contributed by atoms with Gasteiger partial charge in [-0.25, -0.2) is 0 Å². The summed E-state index contributed by atoms with van der Waals surface area (Å²) in [6, 6.07) is 8.87. The highest BCUT2D eigenvalue weighted by atomic mass is 35.5. The minimum atomic E-state index is 0.581. The van der Waals surface area contributed by atoms with E-state index >= 15 is 0 Å². The Kier molecular flexibility index (Phi) is 7.30. The van der Waals surface area contributed by atoms with Crippen LogP contribution < -0.4 is 10.6 Å². The average molecular weight is 437 g/mol. The molecule has 0 amide bonds. The number of rotatable bonds is 7. The fourth-order valence-corrected chi connectivity index (χ4v) is 5.83. The van der Waals surface area contributed by atoms with Crippen molar-refractivity contribution in [2.24, 2.45) is 11.8 Å². The van der Waals surface area contributed by atoms with Crippen molar-refractivity contribution in [3.05, 3.63) is 29.3 Å². The van der Waals surface area contributed by atoms with Gasteiger partial charge >= 0.3 is 0 Å². The molecule has 4 fully saturated rings. The zero-order valence-electron chi connectivity index (χ0n) is 17.3. The Morgan fingerprint density at radius 1 is 1.28 bits per heavy atom. The predicted octanol–water partition coefficient (Wildman–Crippen LogP) is 3.45. The molecular weight excluding hydrogens is 404 g/mol. The Morgan fingerprint density at radius 3 is 2.93 bits per heavy atom. The molecule has 1 aromatic rings. The topological polar surface area (TPSA) is 39.8 Å². The van der Waals surface area contributed by atoms with E-state index in [2.05, 4.69) is 20.4 Å². The lowest BCUT2D eigenvalue weighted by Crippen LogP contribution is -2.59. The molecule has 4 aliphatic heterocycles. The zero-order chi connectivity index (χ0) is 20.2. The highest BCUT2D eigenvalue weighted by molar-refractivity contribution is 7.80. The fourth-order valence-electron chi connectivity index (χ4n) is 5.44. The number of hydrogen-bond donors (Lipinski definition) is 2. The normalized spacial score (nSPS) is 31.7. The average Bonchev–Trinajstić information content (AvgIpc) is 3.14. The van der Waals surface area contributed by atoms with Gasteiger partial charge in [0.1, 0.15) is 0 Å². The van der Waals surface area contributed by atoms with Crippen LogP contribution >= 0.6 is 23.8 Å². The van der Waals surface area contributed by atoms with E-state index in [4.69, 9.17) is 28.6 Å². The molecule has 4 heterocycles. The number of ether oxygens (including phenoxy) is 1. The summed E-state index contributed by atoms with van der Waals surface area (Å²) in [5, 5.41) is 8.05. The van der Waals surface area contributed by atoms with Gasteiger partial charge in [0.15, 0.2) is 5.11 Å². The zero-order valence-corrected chi connectivity index (χ0v) is 18.9. The fraction of sp³-hybridized carbons (Fsp3) is 0.682. The van der Waals surface area contributed by atoms with Crippen LogP contribution in [0.25, 0.3) is 0 Å². The molecule has 0 aromatic heterocycles. The van der Waals surface area contributed by atoms with Gasteiger partial charge < -0.3 is 15.4 Å². The molecule has 2 bridgehead atoms. The number of piperidine rings is 3. The molecule has 4 aliphatic rings. The third-order valence-corrected chi connectivity index (χ3v) is 7.40. The smallest absolute Gasteiger partial charge is 0.170 e. The number of halogens is 1. The van der Waals surface area contributed by atoms with Gasteiger partial charge in [0.2, 0.25) is 0 Å². The van der Waals surface area contributed by atoms with Crippen molar-refractivity contribution in [3.63, 3.8) is 0 Å². The van der Waals surface area contributed by atoms with Crippen molar-refractivity contribution in [1.82, 2.24) is 15.1 Å². The van der Waals surface area contributed by atoms with Gasteiger partial charge in [-0.3, -0.25) is 9.80 Å². The van der Waals surface area contributed by atoms with Crippen molar-refractivity contribution in [2.75, 3.05) is 51.8 Å². The molecule has 1 aromatic carbocycles. The van der Waals surface area contributed by atoms with Gasteiger partial charge in [0.25, 0.3) is 0 Å².